The van der Waals surface area contributed by atoms with Gasteiger partial charge in [0.1, 0.15) is 0 Å². The zero-order valence-electron chi connectivity index (χ0n) is 7.97. The topological polar surface area (TPSA) is 0 Å². The van der Waals surface area contributed by atoms with Gasteiger partial charge in [-0.15, -0.1) is 13.2 Å². The van der Waals surface area contributed by atoms with Crippen molar-refractivity contribution in [2.45, 2.75) is 38.5 Å². The molecule has 0 saturated heterocycles. The van der Waals surface area contributed by atoms with Gasteiger partial charge in [-0.2, -0.15) is 0 Å². The predicted octanol–water partition coefficient (Wildman–Crippen LogP) is 3.95. The summed E-state index contributed by atoms with van der Waals surface area (Å²) < 4.78 is 0. The Morgan fingerprint density at radius 3 is 2.25 bits per heavy atom. The fourth-order valence-corrected chi connectivity index (χ4v) is 2.06. The fraction of sp³-hybridized carbons (Fsp3) is 0.667. The average Bonchev–Trinajstić information content (AvgIpc) is 2.59. The summed E-state index contributed by atoms with van der Waals surface area (Å²) in [4.78, 5) is 0. The molecule has 0 bridgehead atoms. The lowest BCUT2D eigenvalue weighted by Gasteiger charge is -2.11. The molecule has 0 heteroatoms. The van der Waals surface area contributed by atoms with Gasteiger partial charge >= 0.3 is 0 Å². The number of rotatable bonds is 5. The van der Waals surface area contributed by atoms with Gasteiger partial charge in [-0.3, -0.25) is 0 Å². The molecule has 0 amide bonds. The fourth-order valence-electron chi connectivity index (χ4n) is 2.06. The molecule has 0 N–H and O–H groups in total. The van der Waals surface area contributed by atoms with Gasteiger partial charge in [-0.1, -0.05) is 37.8 Å². The summed E-state index contributed by atoms with van der Waals surface area (Å²) in [6.45, 7) is 7.61. The van der Waals surface area contributed by atoms with Crippen LogP contribution in [0, 0.1) is 11.8 Å². The normalized spacial score (nSPS) is 18.4. The minimum atomic E-state index is 0.547. The van der Waals surface area contributed by atoms with Crippen LogP contribution in [0.15, 0.2) is 25.3 Å². The summed E-state index contributed by atoms with van der Waals surface area (Å²) >= 11 is 0. The summed E-state index contributed by atoms with van der Waals surface area (Å²) in [5, 5.41) is 0. The molecular formula is C12H20. The molecule has 0 aliphatic heterocycles. The van der Waals surface area contributed by atoms with Crippen LogP contribution >= 0.6 is 0 Å². The molecular weight excluding hydrogens is 144 g/mol. The molecule has 0 heterocycles. The lowest BCUT2D eigenvalue weighted by atomic mass is 9.95. The molecule has 1 saturated carbocycles. The van der Waals surface area contributed by atoms with Gasteiger partial charge in [-0.25, -0.2) is 0 Å². The Balaban J connectivity index is 2.14. The van der Waals surface area contributed by atoms with E-state index < -0.39 is 0 Å². The largest absolute Gasteiger partial charge is 0.102 e. The van der Waals surface area contributed by atoms with Crippen molar-refractivity contribution in [1.29, 1.82) is 0 Å². The molecule has 0 atom stereocenters. The van der Waals surface area contributed by atoms with E-state index in [2.05, 4.69) is 13.2 Å². The maximum Gasteiger partial charge on any atom is -0.00588 e. The standard InChI is InChI=1S/C12H20/c1-3-11(4-2)9-10-12-7-5-6-8-12/h3-4,11-12H,1-2,5-10H2. The van der Waals surface area contributed by atoms with Crippen LogP contribution in [0.4, 0.5) is 0 Å². The molecule has 68 valence electrons. The smallest absolute Gasteiger partial charge is 0.00588 e. The number of allylic oxidation sites excluding steroid dienone is 2. The molecule has 0 aromatic rings. The van der Waals surface area contributed by atoms with Crippen molar-refractivity contribution in [2.24, 2.45) is 11.8 Å². The quantitative estimate of drug-likeness (QED) is 0.540. The Morgan fingerprint density at radius 2 is 1.75 bits per heavy atom. The Morgan fingerprint density at radius 1 is 1.17 bits per heavy atom. The Bertz CT molecular complexity index is 132. The first-order valence-electron chi connectivity index (χ1n) is 5.12. The van der Waals surface area contributed by atoms with Crippen LogP contribution in [0.25, 0.3) is 0 Å². The first kappa shape index (κ1) is 9.57. The van der Waals surface area contributed by atoms with Gasteiger partial charge in [0.15, 0.2) is 0 Å². The van der Waals surface area contributed by atoms with E-state index in [0.29, 0.717) is 5.92 Å². The highest BCUT2D eigenvalue weighted by molar-refractivity contribution is 4.92. The van der Waals surface area contributed by atoms with E-state index in [1.54, 1.807) is 0 Å². The monoisotopic (exact) mass is 164 g/mol. The molecule has 0 unspecified atom stereocenters. The second kappa shape index (κ2) is 5.18. The molecule has 0 spiro atoms. The van der Waals surface area contributed by atoms with Crippen LogP contribution in [-0.4, -0.2) is 0 Å². The first-order valence-corrected chi connectivity index (χ1v) is 5.12. The van der Waals surface area contributed by atoms with Gasteiger partial charge < -0.3 is 0 Å². The van der Waals surface area contributed by atoms with Crippen LogP contribution < -0.4 is 0 Å². The second-order valence-electron chi connectivity index (χ2n) is 3.86. The third kappa shape index (κ3) is 2.84. The van der Waals surface area contributed by atoms with Gasteiger partial charge in [0.25, 0.3) is 0 Å². The Hall–Kier alpha value is -0.520. The van der Waals surface area contributed by atoms with E-state index >= 15 is 0 Å². The minimum Gasteiger partial charge on any atom is -0.102 e. The van der Waals surface area contributed by atoms with Crippen LogP contribution in [0.1, 0.15) is 38.5 Å². The van der Waals surface area contributed by atoms with Crippen molar-refractivity contribution in [1.82, 2.24) is 0 Å². The van der Waals surface area contributed by atoms with E-state index in [4.69, 9.17) is 0 Å². The summed E-state index contributed by atoms with van der Waals surface area (Å²) in [5.41, 5.74) is 0. The lowest BCUT2D eigenvalue weighted by molar-refractivity contribution is 0.463. The van der Waals surface area contributed by atoms with Crippen molar-refractivity contribution in [3.8, 4) is 0 Å². The van der Waals surface area contributed by atoms with Crippen molar-refractivity contribution >= 4 is 0 Å². The summed E-state index contributed by atoms with van der Waals surface area (Å²) in [6.07, 6.45) is 12.5. The Kier molecular flexibility index (Phi) is 4.13. The molecule has 1 aliphatic carbocycles. The van der Waals surface area contributed by atoms with Gasteiger partial charge in [0, 0.05) is 0 Å². The molecule has 0 aromatic heterocycles. The summed E-state index contributed by atoms with van der Waals surface area (Å²) in [6, 6.07) is 0. The lowest BCUT2D eigenvalue weighted by Crippen LogP contribution is -1.98. The number of hydrogen-bond donors (Lipinski definition) is 0. The molecule has 1 aliphatic rings. The molecule has 1 fully saturated rings. The third-order valence-electron chi connectivity index (χ3n) is 2.99. The average molecular weight is 164 g/mol. The third-order valence-corrected chi connectivity index (χ3v) is 2.99. The molecule has 0 nitrogen and oxygen atoms in total. The van der Waals surface area contributed by atoms with E-state index in [0.717, 1.165) is 5.92 Å². The molecule has 12 heavy (non-hydrogen) atoms. The summed E-state index contributed by atoms with van der Waals surface area (Å²) in [7, 11) is 0. The van der Waals surface area contributed by atoms with Crippen molar-refractivity contribution < 1.29 is 0 Å². The summed E-state index contributed by atoms with van der Waals surface area (Å²) in [5.74, 6) is 1.55. The second-order valence-corrected chi connectivity index (χ2v) is 3.86. The van der Waals surface area contributed by atoms with E-state index in [-0.39, 0.29) is 0 Å². The zero-order chi connectivity index (χ0) is 8.81. The highest BCUT2D eigenvalue weighted by atomic mass is 14.2. The predicted molar refractivity (Wildman–Crippen MR) is 55.1 cm³/mol. The van der Waals surface area contributed by atoms with Crippen molar-refractivity contribution in [3.63, 3.8) is 0 Å². The van der Waals surface area contributed by atoms with Crippen LogP contribution in [0.5, 0.6) is 0 Å². The Labute approximate surface area is 76.4 Å². The SMILES string of the molecule is C=CC(C=C)CCC1CCCC1. The van der Waals surface area contributed by atoms with E-state index in [9.17, 15) is 0 Å². The van der Waals surface area contributed by atoms with Crippen molar-refractivity contribution in [3.05, 3.63) is 25.3 Å². The maximum absolute atomic E-state index is 3.81. The highest BCUT2D eigenvalue weighted by Gasteiger charge is 2.15. The van der Waals surface area contributed by atoms with Crippen LogP contribution in [-0.2, 0) is 0 Å². The van der Waals surface area contributed by atoms with Crippen molar-refractivity contribution in [2.75, 3.05) is 0 Å². The van der Waals surface area contributed by atoms with Crippen LogP contribution in [0.3, 0.4) is 0 Å². The van der Waals surface area contributed by atoms with Gasteiger partial charge in [0.05, 0.1) is 0 Å². The van der Waals surface area contributed by atoms with Gasteiger partial charge in [0.2, 0.25) is 0 Å². The maximum atomic E-state index is 3.81. The molecule has 0 radical (unpaired) electrons. The number of hydrogen-bond acceptors (Lipinski definition) is 0. The molecule has 1 rings (SSSR count). The highest BCUT2D eigenvalue weighted by Crippen LogP contribution is 2.29. The van der Waals surface area contributed by atoms with E-state index in [1.165, 1.54) is 38.5 Å². The van der Waals surface area contributed by atoms with E-state index in [1.807, 2.05) is 12.2 Å². The molecule has 0 aromatic carbocycles. The zero-order valence-corrected chi connectivity index (χ0v) is 7.97. The minimum absolute atomic E-state index is 0.547. The van der Waals surface area contributed by atoms with Gasteiger partial charge in [-0.05, 0) is 24.7 Å². The first-order chi connectivity index (χ1) is 5.86. The van der Waals surface area contributed by atoms with Crippen LogP contribution in [0.2, 0.25) is 0 Å².